The fourth-order valence-electron chi connectivity index (χ4n) is 0.997. The summed E-state index contributed by atoms with van der Waals surface area (Å²) in [5.41, 5.74) is 2.09. The molecule has 0 saturated carbocycles. The molecule has 52 valence electrons. The molecule has 1 aromatic heterocycles. The Balaban J connectivity index is 2.41. The number of aromatic nitrogens is 2. The fourth-order valence-corrected chi connectivity index (χ4v) is 0.997. The lowest BCUT2D eigenvalue weighted by Crippen LogP contribution is -2.20. The van der Waals surface area contributed by atoms with Crippen LogP contribution in [0.25, 0.3) is 0 Å². The first-order chi connectivity index (χ1) is 4.97. The zero-order valence-electron chi connectivity index (χ0n) is 5.46. The van der Waals surface area contributed by atoms with Crippen LogP contribution in [0.3, 0.4) is 0 Å². The van der Waals surface area contributed by atoms with Gasteiger partial charge in [0.25, 0.3) is 0 Å². The van der Waals surface area contributed by atoms with Crippen LogP contribution in [-0.4, -0.2) is 23.3 Å². The van der Waals surface area contributed by atoms with Crippen LogP contribution in [0.15, 0.2) is 12.4 Å². The smallest absolute Gasteiger partial charge is 0.0798 e. The standard InChI is InChI=1S/C6H8N4/c1-2-8-6-4-10-9-3-5(6)7-1/h3-4,7-8H,1-2H2. The lowest BCUT2D eigenvalue weighted by atomic mass is 10.3. The van der Waals surface area contributed by atoms with Gasteiger partial charge in [0.15, 0.2) is 0 Å². The monoisotopic (exact) mass is 136 g/mol. The molecule has 1 aliphatic heterocycles. The number of anilines is 2. The Hall–Kier alpha value is -1.32. The Labute approximate surface area is 58.7 Å². The Bertz CT molecular complexity index is 210. The third-order valence-corrected chi connectivity index (χ3v) is 1.49. The molecule has 4 heteroatoms. The van der Waals surface area contributed by atoms with E-state index in [1.165, 1.54) is 0 Å². The number of nitrogens with one attached hydrogen (secondary N) is 2. The van der Waals surface area contributed by atoms with Crippen LogP contribution in [0.1, 0.15) is 0 Å². The molecule has 0 radical (unpaired) electrons. The zero-order chi connectivity index (χ0) is 6.81. The van der Waals surface area contributed by atoms with Gasteiger partial charge in [-0.1, -0.05) is 0 Å². The van der Waals surface area contributed by atoms with Gasteiger partial charge in [-0.3, -0.25) is 0 Å². The van der Waals surface area contributed by atoms with Gasteiger partial charge < -0.3 is 10.6 Å². The molecule has 2 N–H and O–H groups in total. The summed E-state index contributed by atoms with van der Waals surface area (Å²) in [7, 11) is 0. The Morgan fingerprint density at radius 2 is 1.50 bits per heavy atom. The fraction of sp³-hybridized carbons (Fsp3) is 0.333. The minimum absolute atomic E-state index is 0.957. The summed E-state index contributed by atoms with van der Waals surface area (Å²) < 4.78 is 0. The Kier molecular flexibility index (Phi) is 1.16. The highest BCUT2D eigenvalue weighted by Crippen LogP contribution is 2.19. The summed E-state index contributed by atoms with van der Waals surface area (Å²) in [6.45, 7) is 1.91. The number of fused-ring (bicyclic) bond motifs is 1. The molecule has 0 aliphatic carbocycles. The third kappa shape index (κ3) is 0.775. The van der Waals surface area contributed by atoms with Crippen LogP contribution >= 0.6 is 0 Å². The summed E-state index contributed by atoms with van der Waals surface area (Å²) in [5, 5.41) is 13.9. The normalized spacial score (nSPS) is 14.8. The van der Waals surface area contributed by atoms with E-state index in [0.717, 1.165) is 24.5 Å². The van der Waals surface area contributed by atoms with E-state index in [-0.39, 0.29) is 0 Å². The van der Waals surface area contributed by atoms with E-state index < -0.39 is 0 Å². The lowest BCUT2D eigenvalue weighted by Gasteiger charge is -2.17. The maximum absolute atomic E-state index is 3.75. The van der Waals surface area contributed by atoms with Gasteiger partial charge in [-0.25, -0.2) is 0 Å². The number of rotatable bonds is 0. The maximum Gasteiger partial charge on any atom is 0.0798 e. The van der Waals surface area contributed by atoms with E-state index in [2.05, 4.69) is 20.8 Å². The van der Waals surface area contributed by atoms with Gasteiger partial charge in [0.05, 0.1) is 23.8 Å². The summed E-state index contributed by atoms with van der Waals surface area (Å²) in [4.78, 5) is 0. The second-order valence-corrected chi connectivity index (χ2v) is 2.17. The highest BCUT2D eigenvalue weighted by molar-refractivity contribution is 5.67. The second-order valence-electron chi connectivity index (χ2n) is 2.17. The van der Waals surface area contributed by atoms with Crippen molar-refractivity contribution in [2.75, 3.05) is 23.7 Å². The van der Waals surface area contributed by atoms with Crippen molar-refractivity contribution >= 4 is 11.4 Å². The molecule has 0 atom stereocenters. The van der Waals surface area contributed by atoms with E-state index in [4.69, 9.17) is 0 Å². The van der Waals surface area contributed by atoms with Crippen molar-refractivity contribution in [3.63, 3.8) is 0 Å². The summed E-state index contributed by atoms with van der Waals surface area (Å²) >= 11 is 0. The van der Waals surface area contributed by atoms with Crippen LogP contribution in [0, 0.1) is 0 Å². The van der Waals surface area contributed by atoms with Crippen molar-refractivity contribution in [3.8, 4) is 0 Å². The highest BCUT2D eigenvalue weighted by atomic mass is 15.1. The summed E-state index contributed by atoms with van der Waals surface area (Å²) in [6, 6.07) is 0. The van der Waals surface area contributed by atoms with E-state index in [1.54, 1.807) is 12.4 Å². The SMILES string of the molecule is c1nncc2c1NCCN2. The van der Waals surface area contributed by atoms with Crippen molar-refractivity contribution < 1.29 is 0 Å². The van der Waals surface area contributed by atoms with Crippen molar-refractivity contribution in [1.29, 1.82) is 0 Å². The van der Waals surface area contributed by atoms with Gasteiger partial charge in [-0.05, 0) is 0 Å². The third-order valence-electron chi connectivity index (χ3n) is 1.49. The predicted octanol–water partition coefficient (Wildman–Crippen LogP) is 0.314. The number of nitrogens with zero attached hydrogens (tertiary/aromatic N) is 2. The zero-order valence-corrected chi connectivity index (χ0v) is 5.46. The molecule has 0 bridgehead atoms. The summed E-state index contributed by atoms with van der Waals surface area (Å²) in [5.74, 6) is 0. The molecule has 1 aromatic rings. The topological polar surface area (TPSA) is 49.8 Å². The molecule has 0 spiro atoms. The molecule has 0 saturated heterocycles. The summed E-state index contributed by atoms with van der Waals surface area (Å²) in [6.07, 6.45) is 3.45. The van der Waals surface area contributed by atoms with Gasteiger partial charge in [0.1, 0.15) is 0 Å². The second kappa shape index (κ2) is 2.13. The molecule has 0 unspecified atom stereocenters. The minimum atomic E-state index is 0.957. The quantitative estimate of drug-likeness (QED) is 0.539. The molecule has 2 heterocycles. The molecule has 0 fully saturated rings. The number of hydrogen-bond donors (Lipinski definition) is 2. The van der Waals surface area contributed by atoms with Crippen molar-refractivity contribution in [3.05, 3.63) is 12.4 Å². The van der Waals surface area contributed by atoms with E-state index in [1.807, 2.05) is 0 Å². The predicted molar refractivity (Wildman–Crippen MR) is 39.0 cm³/mol. The van der Waals surface area contributed by atoms with Gasteiger partial charge in [0, 0.05) is 13.1 Å². The molecule has 1 aliphatic rings. The first kappa shape index (κ1) is 5.46. The van der Waals surface area contributed by atoms with Crippen molar-refractivity contribution in [2.24, 2.45) is 0 Å². The van der Waals surface area contributed by atoms with Crippen molar-refractivity contribution in [2.45, 2.75) is 0 Å². The molecule has 0 aromatic carbocycles. The molecule has 0 amide bonds. The van der Waals surface area contributed by atoms with Crippen molar-refractivity contribution in [1.82, 2.24) is 10.2 Å². The van der Waals surface area contributed by atoms with Gasteiger partial charge in [0.2, 0.25) is 0 Å². The molecular formula is C6H8N4. The van der Waals surface area contributed by atoms with Crippen LogP contribution in [0.5, 0.6) is 0 Å². The number of hydrogen-bond acceptors (Lipinski definition) is 4. The van der Waals surface area contributed by atoms with Crippen LogP contribution in [-0.2, 0) is 0 Å². The van der Waals surface area contributed by atoms with Crippen LogP contribution in [0.4, 0.5) is 11.4 Å². The van der Waals surface area contributed by atoms with Gasteiger partial charge in [-0.15, -0.1) is 0 Å². The van der Waals surface area contributed by atoms with E-state index in [9.17, 15) is 0 Å². The maximum atomic E-state index is 3.75. The van der Waals surface area contributed by atoms with E-state index >= 15 is 0 Å². The first-order valence-corrected chi connectivity index (χ1v) is 3.25. The van der Waals surface area contributed by atoms with Gasteiger partial charge >= 0.3 is 0 Å². The Morgan fingerprint density at radius 1 is 1.00 bits per heavy atom. The first-order valence-electron chi connectivity index (χ1n) is 3.25. The van der Waals surface area contributed by atoms with Crippen LogP contribution < -0.4 is 10.6 Å². The van der Waals surface area contributed by atoms with Gasteiger partial charge in [-0.2, -0.15) is 10.2 Å². The Morgan fingerprint density at radius 3 is 2.00 bits per heavy atom. The van der Waals surface area contributed by atoms with Crippen LogP contribution in [0.2, 0.25) is 0 Å². The largest absolute Gasteiger partial charge is 0.380 e. The average molecular weight is 136 g/mol. The molecule has 2 rings (SSSR count). The molecular weight excluding hydrogens is 128 g/mol. The highest BCUT2D eigenvalue weighted by Gasteiger charge is 2.05. The molecule has 4 nitrogen and oxygen atoms in total. The lowest BCUT2D eigenvalue weighted by molar-refractivity contribution is 0.979. The molecule has 10 heavy (non-hydrogen) atoms. The average Bonchev–Trinajstić information content (AvgIpc) is 2.05. The van der Waals surface area contributed by atoms with E-state index in [0.29, 0.717) is 0 Å². The minimum Gasteiger partial charge on any atom is -0.380 e.